The first kappa shape index (κ1) is 12.0. The molecule has 14 heavy (non-hydrogen) atoms. The Morgan fingerprint density at radius 2 is 1.86 bits per heavy atom. The summed E-state index contributed by atoms with van der Waals surface area (Å²) in [5.41, 5.74) is 0. The van der Waals surface area contributed by atoms with Crippen LogP contribution in [-0.2, 0) is 4.74 Å². The third-order valence-electron chi connectivity index (χ3n) is 3.24. The van der Waals surface area contributed by atoms with Crippen molar-refractivity contribution in [2.75, 3.05) is 20.3 Å². The largest absolute Gasteiger partial charge is 0.384 e. The average molecular weight is 199 g/mol. The molecule has 1 aliphatic carbocycles. The van der Waals surface area contributed by atoms with Crippen LogP contribution in [0.5, 0.6) is 0 Å². The zero-order valence-electron chi connectivity index (χ0n) is 9.88. The molecule has 1 saturated carbocycles. The third-order valence-corrected chi connectivity index (χ3v) is 3.24. The van der Waals surface area contributed by atoms with Gasteiger partial charge in [0.2, 0.25) is 0 Å². The van der Waals surface area contributed by atoms with Crippen LogP contribution in [0.1, 0.15) is 39.5 Å². The summed E-state index contributed by atoms with van der Waals surface area (Å²) in [5.74, 6) is 1.63. The summed E-state index contributed by atoms with van der Waals surface area (Å²) in [6.45, 7) is 6.55. The highest BCUT2D eigenvalue weighted by Crippen LogP contribution is 2.29. The summed E-state index contributed by atoms with van der Waals surface area (Å²) in [5, 5.41) is 3.55. The SMILES string of the molecule is COCC1CCCCC1CNC(C)C. The van der Waals surface area contributed by atoms with Gasteiger partial charge in [0.1, 0.15) is 0 Å². The first-order valence-corrected chi connectivity index (χ1v) is 5.96. The maximum Gasteiger partial charge on any atom is 0.0493 e. The Morgan fingerprint density at radius 3 is 2.43 bits per heavy atom. The highest BCUT2D eigenvalue weighted by Gasteiger charge is 2.24. The Labute approximate surface area is 88.4 Å². The Balaban J connectivity index is 2.30. The summed E-state index contributed by atoms with van der Waals surface area (Å²) in [6, 6.07) is 0.611. The molecule has 0 radical (unpaired) electrons. The van der Waals surface area contributed by atoms with E-state index >= 15 is 0 Å². The van der Waals surface area contributed by atoms with Gasteiger partial charge in [-0.3, -0.25) is 0 Å². The molecule has 0 amide bonds. The van der Waals surface area contributed by atoms with E-state index < -0.39 is 0 Å². The van der Waals surface area contributed by atoms with E-state index in [4.69, 9.17) is 4.74 Å². The van der Waals surface area contributed by atoms with Gasteiger partial charge in [-0.25, -0.2) is 0 Å². The van der Waals surface area contributed by atoms with Crippen LogP contribution < -0.4 is 5.32 Å². The Kier molecular flexibility index (Phi) is 5.49. The first-order chi connectivity index (χ1) is 6.74. The number of ether oxygens (including phenoxy) is 1. The summed E-state index contributed by atoms with van der Waals surface area (Å²) < 4.78 is 5.29. The molecule has 0 aromatic heterocycles. The molecule has 2 nitrogen and oxygen atoms in total. The van der Waals surface area contributed by atoms with E-state index in [-0.39, 0.29) is 0 Å². The molecule has 2 unspecified atom stereocenters. The molecule has 2 atom stereocenters. The van der Waals surface area contributed by atoms with Gasteiger partial charge in [0.25, 0.3) is 0 Å². The quantitative estimate of drug-likeness (QED) is 0.734. The average Bonchev–Trinajstić information content (AvgIpc) is 2.17. The van der Waals surface area contributed by atoms with Crippen molar-refractivity contribution in [3.05, 3.63) is 0 Å². The normalized spacial score (nSPS) is 28.3. The van der Waals surface area contributed by atoms with Crippen LogP contribution in [0.25, 0.3) is 0 Å². The van der Waals surface area contributed by atoms with E-state index in [9.17, 15) is 0 Å². The molecule has 1 aliphatic rings. The Morgan fingerprint density at radius 1 is 1.21 bits per heavy atom. The van der Waals surface area contributed by atoms with Gasteiger partial charge in [-0.15, -0.1) is 0 Å². The topological polar surface area (TPSA) is 21.3 Å². The maximum atomic E-state index is 5.29. The predicted octanol–water partition coefficient (Wildman–Crippen LogP) is 2.44. The van der Waals surface area contributed by atoms with Crippen LogP contribution in [0.15, 0.2) is 0 Å². The predicted molar refractivity (Wildman–Crippen MR) is 60.5 cm³/mol. The van der Waals surface area contributed by atoms with Crippen LogP contribution >= 0.6 is 0 Å². The lowest BCUT2D eigenvalue weighted by molar-refractivity contribution is 0.0927. The molecule has 0 aromatic rings. The van der Waals surface area contributed by atoms with Crippen LogP contribution in [0.2, 0.25) is 0 Å². The van der Waals surface area contributed by atoms with E-state index in [2.05, 4.69) is 19.2 Å². The minimum atomic E-state index is 0.611. The molecule has 0 aromatic carbocycles. The van der Waals surface area contributed by atoms with E-state index in [1.807, 2.05) is 7.11 Å². The van der Waals surface area contributed by atoms with Gasteiger partial charge in [-0.05, 0) is 31.2 Å². The second-order valence-electron chi connectivity index (χ2n) is 4.82. The zero-order chi connectivity index (χ0) is 10.4. The fourth-order valence-corrected chi connectivity index (χ4v) is 2.37. The molecule has 0 spiro atoms. The summed E-state index contributed by atoms with van der Waals surface area (Å²) >= 11 is 0. The van der Waals surface area contributed by atoms with Crippen LogP contribution in [0, 0.1) is 11.8 Å². The Hall–Kier alpha value is -0.0800. The van der Waals surface area contributed by atoms with Crippen molar-refractivity contribution in [2.45, 2.75) is 45.6 Å². The van der Waals surface area contributed by atoms with Gasteiger partial charge in [-0.1, -0.05) is 26.7 Å². The summed E-state index contributed by atoms with van der Waals surface area (Å²) in [6.07, 6.45) is 5.54. The minimum Gasteiger partial charge on any atom is -0.384 e. The number of rotatable bonds is 5. The van der Waals surface area contributed by atoms with Gasteiger partial charge in [0.15, 0.2) is 0 Å². The fraction of sp³-hybridized carbons (Fsp3) is 1.00. The number of nitrogens with one attached hydrogen (secondary N) is 1. The van der Waals surface area contributed by atoms with Crippen molar-refractivity contribution in [1.82, 2.24) is 5.32 Å². The summed E-state index contributed by atoms with van der Waals surface area (Å²) in [7, 11) is 1.82. The molecule has 1 N–H and O–H groups in total. The lowest BCUT2D eigenvalue weighted by Gasteiger charge is -2.31. The molecular formula is C12H25NO. The monoisotopic (exact) mass is 199 g/mol. The highest BCUT2D eigenvalue weighted by atomic mass is 16.5. The van der Waals surface area contributed by atoms with E-state index in [1.54, 1.807) is 0 Å². The van der Waals surface area contributed by atoms with Gasteiger partial charge < -0.3 is 10.1 Å². The van der Waals surface area contributed by atoms with Gasteiger partial charge in [-0.2, -0.15) is 0 Å². The number of hydrogen-bond donors (Lipinski definition) is 1. The van der Waals surface area contributed by atoms with Crippen molar-refractivity contribution in [2.24, 2.45) is 11.8 Å². The van der Waals surface area contributed by atoms with Crippen molar-refractivity contribution < 1.29 is 4.74 Å². The van der Waals surface area contributed by atoms with Crippen molar-refractivity contribution in [3.63, 3.8) is 0 Å². The molecule has 0 aliphatic heterocycles. The summed E-state index contributed by atoms with van der Waals surface area (Å²) in [4.78, 5) is 0. The molecule has 2 heteroatoms. The second-order valence-corrected chi connectivity index (χ2v) is 4.82. The van der Waals surface area contributed by atoms with Gasteiger partial charge >= 0.3 is 0 Å². The second kappa shape index (κ2) is 6.41. The van der Waals surface area contributed by atoms with Crippen molar-refractivity contribution in [3.8, 4) is 0 Å². The van der Waals surface area contributed by atoms with E-state index in [0.717, 1.165) is 18.4 Å². The molecule has 0 bridgehead atoms. The standard InChI is InChI=1S/C12H25NO/c1-10(2)13-8-11-6-4-5-7-12(11)9-14-3/h10-13H,4-9H2,1-3H3. The molecular weight excluding hydrogens is 174 g/mol. The first-order valence-electron chi connectivity index (χ1n) is 5.96. The van der Waals surface area contributed by atoms with Crippen molar-refractivity contribution >= 4 is 0 Å². The zero-order valence-corrected chi connectivity index (χ0v) is 9.88. The molecule has 1 rings (SSSR count). The third kappa shape index (κ3) is 3.97. The highest BCUT2D eigenvalue weighted by molar-refractivity contribution is 4.77. The number of methoxy groups -OCH3 is 1. The van der Waals surface area contributed by atoms with E-state index in [1.165, 1.54) is 32.2 Å². The molecule has 0 heterocycles. The molecule has 84 valence electrons. The van der Waals surface area contributed by atoms with Gasteiger partial charge in [0, 0.05) is 19.8 Å². The van der Waals surface area contributed by atoms with Crippen LogP contribution in [0.3, 0.4) is 0 Å². The van der Waals surface area contributed by atoms with E-state index in [0.29, 0.717) is 6.04 Å². The maximum absolute atomic E-state index is 5.29. The molecule has 0 saturated heterocycles. The lowest BCUT2D eigenvalue weighted by atomic mass is 9.79. The smallest absolute Gasteiger partial charge is 0.0493 e. The minimum absolute atomic E-state index is 0.611. The van der Waals surface area contributed by atoms with Crippen molar-refractivity contribution in [1.29, 1.82) is 0 Å². The lowest BCUT2D eigenvalue weighted by Crippen LogP contribution is -2.35. The molecule has 1 fully saturated rings. The van der Waals surface area contributed by atoms with Crippen LogP contribution in [-0.4, -0.2) is 26.3 Å². The fourth-order valence-electron chi connectivity index (χ4n) is 2.37. The van der Waals surface area contributed by atoms with Crippen LogP contribution in [0.4, 0.5) is 0 Å². The van der Waals surface area contributed by atoms with Gasteiger partial charge in [0.05, 0.1) is 0 Å². The Bertz CT molecular complexity index is 145. The number of hydrogen-bond acceptors (Lipinski definition) is 2.